The summed E-state index contributed by atoms with van der Waals surface area (Å²) in [5, 5.41) is 0. The molecule has 0 aromatic carbocycles. The van der Waals surface area contributed by atoms with Gasteiger partial charge >= 0.3 is 0 Å². The molecule has 0 bridgehead atoms. The molecule has 5 nitrogen and oxygen atoms in total. The Morgan fingerprint density at radius 2 is 1.54 bits per heavy atom. The van der Waals surface area contributed by atoms with E-state index in [0.717, 1.165) is 37.6 Å². The molecule has 0 amide bonds. The lowest BCUT2D eigenvalue weighted by atomic mass is 9.78. The highest BCUT2D eigenvalue weighted by Crippen LogP contribution is 2.42. The van der Waals surface area contributed by atoms with E-state index in [0.29, 0.717) is 23.8 Å². The van der Waals surface area contributed by atoms with E-state index in [4.69, 9.17) is 15.7 Å². The van der Waals surface area contributed by atoms with E-state index in [9.17, 15) is 0 Å². The molecule has 1 saturated heterocycles. The second-order valence-electron chi connectivity index (χ2n) is 8.25. The largest absolute Gasteiger partial charge is 0.356 e. The number of rotatable bonds is 4. The molecule has 0 spiro atoms. The Hall–Kier alpha value is -1.43. The molecule has 152 valence electrons. The number of piperidine rings is 1. The summed E-state index contributed by atoms with van der Waals surface area (Å²) in [6.45, 7) is 2.13. The first kappa shape index (κ1) is 21.3. The van der Waals surface area contributed by atoms with Gasteiger partial charge in [-0.15, -0.1) is 24.8 Å². The van der Waals surface area contributed by atoms with E-state index in [1.807, 2.05) is 12.4 Å². The van der Waals surface area contributed by atoms with Crippen LogP contribution in [-0.2, 0) is 0 Å². The van der Waals surface area contributed by atoms with Crippen LogP contribution in [-0.4, -0.2) is 34.1 Å². The summed E-state index contributed by atoms with van der Waals surface area (Å²) in [5.74, 6) is 4.00. The van der Waals surface area contributed by atoms with Crippen molar-refractivity contribution in [2.24, 2.45) is 5.73 Å². The Morgan fingerprint density at radius 1 is 0.857 bits per heavy atom. The van der Waals surface area contributed by atoms with Gasteiger partial charge in [-0.2, -0.15) is 0 Å². The van der Waals surface area contributed by atoms with Crippen LogP contribution < -0.4 is 10.6 Å². The van der Waals surface area contributed by atoms with Crippen LogP contribution in [0.1, 0.15) is 73.4 Å². The van der Waals surface area contributed by atoms with Crippen LogP contribution in [0.3, 0.4) is 0 Å². The van der Waals surface area contributed by atoms with Gasteiger partial charge in [0.15, 0.2) is 0 Å². The summed E-state index contributed by atoms with van der Waals surface area (Å²) in [7, 11) is 0. The molecule has 1 aliphatic heterocycles. The molecule has 5 rings (SSSR count). The molecule has 3 fully saturated rings. The molecule has 0 unspecified atom stereocenters. The Morgan fingerprint density at radius 3 is 2.14 bits per heavy atom. The predicted molar refractivity (Wildman–Crippen MR) is 117 cm³/mol. The molecule has 2 saturated carbocycles. The van der Waals surface area contributed by atoms with Crippen LogP contribution in [0.2, 0.25) is 0 Å². The SMILES string of the molecule is Cl.Cl.NC1CC(c2cc(N3CCC(c4ccncc4)CC3)nc(C3CC3)n2)C1. The average molecular weight is 422 g/mol. The summed E-state index contributed by atoms with van der Waals surface area (Å²) < 4.78 is 0. The maximum Gasteiger partial charge on any atom is 0.134 e. The van der Waals surface area contributed by atoms with Crippen LogP contribution in [0, 0.1) is 0 Å². The number of anilines is 1. The first-order valence-corrected chi connectivity index (χ1v) is 10.1. The van der Waals surface area contributed by atoms with E-state index in [-0.39, 0.29) is 24.8 Å². The summed E-state index contributed by atoms with van der Waals surface area (Å²) in [6, 6.07) is 6.93. The highest BCUT2D eigenvalue weighted by atomic mass is 35.5. The minimum Gasteiger partial charge on any atom is -0.356 e. The van der Waals surface area contributed by atoms with Crippen molar-refractivity contribution in [3.63, 3.8) is 0 Å². The number of pyridine rings is 1. The number of nitrogens with zero attached hydrogens (tertiary/aromatic N) is 4. The average Bonchev–Trinajstić information content (AvgIpc) is 3.51. The molecule has 0 atom stereocenters. The minimum atomic E-state index is 0. The smallest absolute Gasteiger partial charge is 0.134 e. The van der Waals surface area contributed by atoms with Crippen molar-refractivity contribution in [3.05, 3.63) is 47.7 Å². The third kappa shape index (κ3) is 4.42. The lowest BCUT2D eigenvalue weighted by molar-refractivity contribution is 0.344. The molecule has 2 aromatic rings. The lowest BCUT2D eigenvalue weighted by Crippen LogP contribution is -2.36. The van der Waals surface area contributed by atoms with Crippen LogP contribution in [0.25, 0.3) is 0 Å². The topological polar surface area (TPSA) is 67.9 Å². The standard InChI is InChI=1S/C21H27N5.2ClH/c22-18-11-17(12-18)19-13-20(25-21(24-19)16-1-2-16)26-9-5-15(6-10-26)14-3-7-23-8-4-14;;/h3-4,7-8,13,15-18H,1-2,5-6,9-12,22H2;2*1H. The van der Waals surface area contributed by atoms with Gasteiger partial charge in [0, 0.05) is 55.1 Å². The fourth-order valence-electron chi connectivity index (χ4n) is 4.35. The molecule has 2 N–H and O–H groups in total. The maximum atomic E-state index is 6.01. The second-order valence-corrected chi connectivity index (χ2v) is 8.25. The maximum absolute atomic E-state index is 6.01. The molecular weight excluding hydrogens is 393 g/mol. The molecule has 3 heterocycles. The minimum absolute atomic E-state index is 0. The predicted octanol–water partition coefficient (Wildman–Crippen LogP) is 4.18. The Kier molecular flexibility index (Phi) is 6.79. The fraction of sp³-hybridized carbons (Fsp3) is 0.571. The Balaban J connectivity index is 0.00000112. The zero-order valence-corrected chi connectivity index (χ0v) is 17.7. The second kappa shape index (κ2) is 8.93. The van der Waals surface area contributed by atoms with Gasteiger partial charge in [0.25, 0.3) is 0 Å². The van der Waals surface area contributed by atoms with E-state index in [2.05, 4.69) is 28.1 Å². The number of hydrogen-bond acceptors (Lipinski definition) is 5. The summed E-state index contributed by atoms with van der Waals surface area (Å²) >= 11 is 0. The molecule has 28 heavy (non-hydrogen) atoms. The van der Waals surface area contributed by atoms with Gasteiger partial charge in [-0.3, -0.25) is 4.98 Å². The van der Waals surface area contributed by atoms with Crippen molar-refractivity contribution in [2.45, 2.75) is 62.3 Å². The van der Waals surface area contributed by atoms with Gasteiger partial charge in [0.05, 0.1) is 0 Å². The van der Waals surface area contributed by atoms with Crippen molar-refractivity contribution < 1.29 is 0 Å². The van der Waals surface area contributed by atoms with Crippen LogP contribution in [0.5, 0.6) is 0 Å². The Labute approximate surface area is 179 Å². The van der Waals surface area contributed by atoms with E-state index >= 15 is 0 Å². The molecule has 2 aliphatic carbocycles. The number of hydrogen-bond donors (Lipinski definition) is 1. The van der Waals surface area contributed by atoms with Crippen molar-refractivity contribution in [1.29, 1.82) is 0 Å². The van der Waals surface area contributed by atoms with Gasteiger partial charge in [-0.25, -0.2) is 9.97 Å². The quantitative estimate of drug-likeness (QED) is 0.801. The normalized spacial score (nSPS) is 24.7. The Bertz CT molecular complexity index is 770. The zero-order chi connectivity index (χ0) is 17.5. The number of halogens is 2. The first-order chi connectivity index (χ1) is 12.8. The van der Waals surface area contributed by atoms with Gasteiger partial charge in [0.1, 0.15) is 11.6 Å². The van der Waals surface area contributed by atoms with Gasteiger partial charge < -0.3 is 10.6 Å². The van der Waals surface area contributed by atoms with Gasteiger partial charge in [-0.05, 0) is 62.1 Å². The zero-order valence-electron chi connectivity index (χ0n) is 16.0. The monoisotopic (exact) mass is 421 g/mol. The number of aromatic nitrogens is 3. The third-order valence-electron chi connectivity index (χ3n) is 6.28. The van der Waals surface area contributed by atoms with Crippen molar-refractivity contribution >= 4 is 30.6 Å². The van der Waals surface area contributed by atoms with Crippen molar-refractivity contribution in [1.82, 2.24) is 15.0 Å². The van der Waals surface area contributed by atoms with Crippen LogP contribution in [0.15, 0.2) is 30.6 Å². The van der Waals surface area contributed by atoms with Gasteiger partial charge in [0.2, 0.25) is 0 Å². The fourth-order valence-corrected chi connectivity index (χ4v) is 4.35. The third-order valence-corrected chi connectivity index (χ3v) is 6.28. The van der Waals surface area contributed by atoms with Crippen molar-refractivity contribution in [3.8, 4) is 0 Å². The first-order valence-electron chi connectivity index (χ1n) is 10.1. The van der Waals surface area contributed by atoms with E-state index < -0.39 is 0 Å². The molecule has 0 radical (unpaired) electrons. The van der Waals surface area contributed by atoms with Crippen molar-refractivity contribution in [2.75, 3.05) is 18.0 Å². The summed E-state index contributed by atoms with van der Waals surface area (Å²) in [5.41, 5.74) is 8.66. The van der Waals surface area contributed by atoms with E-state index in [1.165, 1.54) is 36.9 Å². The molecule has 7 heteroatoms. The molecule has 2 aromatic heterocycles. The molecular formula is C21H29Cl2N5. The summed E-state index contributed by atoms with van der Waals surface area (Å²) in [6.07, 6.45) is 10.8. The highest BCUT2D eigenvalue weighted by Gasteiger charge is 2.33. The lowest BCUT2D eigenvalue weighted by Gasteiger charge is -2.35. The molecule has 3 aliphatic rings. The van der Waals surface area contributed by atoms with Crippen LogP contribution in [0.4, 0.5) is 5.82 Å². The summed E-state index contributed by atoms with van der Waals surface area (Å²) in [4.78, 5) is 16.5. The number of nitrogens with two attached hydrogens (primary N) is 1. The van der Waals surface area contributed by atoms with E-state index in [1.54, 1.807) is 0 Å². The highest BCUT2D eigenvalue weighted by molar-refractivity contribution is 5.85. The van der Waals surface area contributed by atoms with Crippen LogP contribution >= 0.6 is 24.8 Å². The van der Waals surface area contributed by atoms with Gasteiger partial charge in [-0.1, -0.05) is 0 Å².